The van der Waals surface area contributed by atoms with Crippen molar-refractivity contribution in [1.29, 1.82) is 0 Å². The van der Waals surface area contributed by atoms with Gasteiger partial charge in [0.1, 0.15) is 11.6 Å². The second-order valence-corrected chi connectivity index (χ2v) is 9.58. The minimum atomic E-state index is -4.74. The first-order valence-electron chi connectivity index (χ1n) is 12.2. The van der Waals surface area contributed by atoms with Crippen LogP contribution in [0.5, 0.6) is 5.75 Å². The molecule has 4 rings (SSSR count). The third-order valence-electron chi connectivity index (χ3n) is 7.27. The monoisotopic (exact) mass is 460 g/mol. The van der Waals surface area contributed by atoms with E-state index in [2.05, 4.69) is 17.7 Å². The van der Waals surface area contributed by atoms with Gasteiger partial charge in [0, 0.05) is 5.56 Å². The van der Waals surface area contributed by atoms with Crippen molar-refractivity contribution in [3.8, 4) is 16.9 Å². The maximum absolute atomic E-state index is 15.3. The Kier molecular flexibility index (Phi) is 7.45. The van der Waals surface area contributed by atoms with Crippen molar-refractivity contribution in [3.05, 3.63) is 58.9 Å². The van der Waals surface area contributed by atoms with E-state index in [-0.39, 0.29) is 11.6 Å². The number of benzene rings is 2. The van der Waals surface area contributed by atoms with Crippen LogP contribution in [0, 0.1) is 17.7 Å². The topological polar surface area (TPSA) is 9.23 Å². The predicted octanol–water partition coefficient (Wildman–Crippen LogP) is 9.11. The molecule has 0 heterocycles. The van der Waals surface area contributed by atoms with E-state index in [4.69, 9.17) is 0 Å². The lowest BCUT2D eigenvalue weighted by Crippen LogP contribution is -2.16. The summed E-state index contributed by atoms with van der Waals surface area (Å²) in [7, 11) is 0. The normalized spacial score (nSPS) is 20.8. The molecule has 0 atom stereocenters. The lowest BCUT2D eigenvalue weighted by molar-refractivity contribution is -0.274. The highest BCUT2D eigenvalue weighted by Gasteiger charge is 2.31. The molecule has 2 aliphatic rings. The highest BCUT2D eigenvalue weighted by molar-refractivity contribution is 5.71. The van der Waals surface area contributed by atoms with Crippen molar-refractivity contribution in [2.24, 2.45) is 11.8 Å². The quantitative estimate of drug-likeness (QED) is 0.374. The average molecular weight is 461 g/mol. The molecule has 5 heteroatoms. The largest absolute Gasteiger partial charge is 0.573 e. The second-order valence-electron chi connectivity index (χ2n) is 9.58. The van der Waals surface area contributed by atoms with Crippen molar-refractivity contribution in [2.75, 3.05) is 0 Å². The van der Waals surface area contributed by atoms with Gasteiger partial charge in [-0.25, -0.2) is 4.39 Å². The van der Waals surface area contributed by atoms with Crippen molar-refractivity contribution in [1.82, 2.24) is 0 Å². The van der Waals surface area contributed by atoms with Crippen LogP contribution in [0.15, 0.2) is 42.0 Å². The van der Waals surface area contributed by atoms with Gasteiger partial charge in [-0.2, -0.15) is 0 Å². The molecule has 1 fully saturated rings. The lowest BCUT2D eigenvalue weighted by atomic mass is 9.77. The molecule has 0 spiro atoms. The van der Waals surface area contributed by atoms with E-state index in [0.29, 0.717) is 23.1 Å². The molecule has 0 aromatic heterocycles. The minimum Gasteiger partial charge on any atom is -0.406 e. The Bertz CT molecular complexity index is 967. The Hall–Kier alpha value is -2.30. The number of ether oxygens (including phenoxy) is 1. The maximum Gasteiger partial charge on any atom is 0.573 e. The number of halogens is 4. The van der Waals surface area contributed by atoms with Crippen LogP contribution in [-0.2, 0) is 6.42 Å². The summed E-state index contributed by atoms with van der Waals surface area (Å²) in [6, 6.07) is 9.02. The molecule has 33 heavy (non-hydrogen) atoms. The van der Waals surface area contributed by atoms with Gasteiger partial charge in [0.2, 0.25) is 0 Å². The van der Waals surface area contributed by atoms with Crippen molar-refractivity contribution < 1.29 is 22.3 Å². The van der Waals surface area contributed by atoms with Crippen LogP contribution in [-0.4, -0.2) is 6.36 Å². The van der Waals surface area contributed by atoms with Gasteiger partial charge < -0.3 is 4.74 Å². The Morgan fingerprint density at radius 1 is 0.879 bits per heavy atom. The lowest BCUT2D eigenvalue weighted by Gasteiger charge is -2.29. The Morgan fingerprint density at radius 2 is 1.55 bits per heavy atom. The average Bonchev–Trinajstić information content (AvgIpc) is 2.79. The zero-order valence-corrected chi connectivity index (χ0v) is 19.2. The highest BCUT2D eigenvalue weighted by atomic mass is 19.4. The Morgan fingerprint density at radius 3 is 2.18 bits per heavy atom. The van der Waals surface area contributed by atoms with E-state index in [1.54, 1.807) is 6.07 Å². The maximum atomic E-state index is 15.3. The fourth-order valence-corrected chi connectivity index (χ4v) is 5.47. The predicted molar refractivity (Wildman–Crippen MR) is 124 cm³/mol. The molecule has 0 amide bonds. The van der Waals surface area contributed by atoms with E-state index in [1.165, 1.54) is 74.8 Å². The molecule has 1 saturated carbocycles. The number of hydrogen-bond acceptors (Lipinski definition) is 1. The zero-order valence-electron chi connectivity index (χ0n) is 19.2. The number of rotatable bonds is 7. The molecular formula is C28H32F4O. The van der Waals surface area contributed by atoms with Gasteiger partial charge >= 0.3 is 6.36 Å². The number of hydrogen-bond donors (Lipinski definition) is 0. The molecule has 0 saturated heterocycles. The molecule has 0 unspecified atom stereocenters. The fourth-order valence-electron chi connectivity index (χ4n) is 5.47. The fraction of sp³-hybridized carbons (Fsp3) is 0.500. The standard InChI is InChI=1S/C28H32F4O/c1-2-3-19-4-6-20(7-5-19)8-9-21-10-16-26-23(18-21)13-17-25(27(26)29)22-11-14-24(15-12-22)33-28(30,31)32/h11-15,17-20H,2-10,16H2,1H3. The summed E-state index contributed by atoms with van der Waals surface area (Å²) in [5, 5.41) is 0. The molecule has 2 aliphatic carbocycles. The number of allylic oxidation sites excluding steroid dienone is 1. The Labute approximate surface area is 193 Å². The first-order chi connectivity index (χ1) is 15.8. The summed E-state index contributed by atoms with van der Waals surface area (Å²) in [6.45, 7) is 2.27. The van der Waals surface area contributed by atoms with Gasteiger partial charge in [-0.05, 0) is 66.3 Å². The van der Waals surface area contributed by atoms with Gasteiger partial charge in [-0.3, -0.25) is 0 Å². The van der Waals surface area contributed by atoms with Crippen molar-refractivity contribution in [2.45, 2.75) is 77.5 Å². The summed E-state index contributed by atoms with van der Waals surface area (Å²) in [5.74, 6) is 1.17. The molecule has 0 bridgehead atoms. The molecule has 0 radical (unpaired) electrons. The molecule has 2 aromatic rings. The first-order valence-corrected chi connectivity index (χ1v) is 12.2. The molecule has 2 aromatic carbocycles. The van der Waals surface area contributed by atoms with Crippen LogP contribution in [0.1, 0.15) is 75.8 Å². The van der Waals surface area contributed by atoms with Crippen molar-refractivity contribution in [3.63, 3.8) is 0 Å². The van der Waals surface area contributed by atoms with Crippen molar-refractivity contribution >= 4 is 6.08 Å². The van der Waals surface area contributed by atoms with Gasteiger partial charge in [0.15, 0.2) is 0 Å². The summed E-state index contributed by atoms with van der Waals surface area (Å²) < 4.78 is 56.3. The number of alkyl halides is 3. The van der Waals surface area contributed by atoms with E-state index < -0.39 is 6.36 Å². The SMILES string of the molecule is CCCC1CCC(CCC2=Cc3ccc(-c4ccc(OC(F)(F)F)cc4)c(F)c3CC2)CC1. The van der Waals surface area contributed by atoms with Crippen LogP contribution >= 0.6 is 0 Å². The highest BCUT2D eigenvalue weighted by Crippen LogP contribution is 2.37. The van der Waals surface area contributed by atoms with E-state index in [1.807, 2.05) is 6.07 Å². The summed E-state index contributed by atoms with van der Waals surface area (Å²) in [4.78, 5) is 0. The Balaban J connectivity index is 1.40. The second kappa shape index (κ2) is 10.3. The van der Waals surface area contributed by atoms with Crippen LogP contribution in [0.4, 0.5) is 17.6 Å². The van der Waals surface area contributed by atoms with E-state index in [0.717, 1.165) is 30.2 Å². The van der Waals surface area contributed by atoms with Crippen LogP contribution in [0.25, 0.3) is 17.2 Å². The molecule has 0 N–H and O–H groups in total. The molecule has 0 aliphatic heterocycles. The van der Waals surface area contributed by atoms with Crippen LogP contribution in [0.2, 0.25) is 0 Å². The third-order valence-corrected chi connectivity index (χ3v) is 7.27. The number of fused-ring (bicyclic) bond motifs is 1. The molecule has 178 valence electrons. The van der Waals surface area contributed by atoms with Gasteiger partial charge in [0.25, 0.3) is 0 Å². The first kappa shape index (κ1) is 23.8. The molecule has 1 nitrogen and oxygen atoms in total. The van der Waals surface area contributed by atoms with E-state index in [9.17, 15) is 13.2 Å². The summed E-state index contributed by atoms with van der Waals surface area (Å²) in [5.41, 5.74) is 3.98. The third kappa shape index (κ3) is 6.18. The summed E-state index contributed by atoms with van der Waals surface area (Å²) >= 11 is 0. The van der Waals surface area contributed by atoms with Crippen LogP contribution in [0.3, 0.4) is 0 Å². The minimum absolute atomic E-state index is 0.276. The van der Waals surface area contributed by atoms with E-state index >= 15 is 4.39 Å². The zero-order chi connectivity index (χ0) is 23.4. The van der Waals surface area contributed by atoms with Gasteiger partial charge in [-0.1, -0.05) is 81.4 Å². The summed E-state index contributed by atoms with van der Waals surface area (Å²) in [6.07, 6.45) is 9.36. The van der Waals surface area contributed by atoms with Crippen LogP contribution < -0.4 is 4.74 Å². The smallest absolute Gasteiger partial charge is 0.406 e. The molecular weight excluding hydrogens is 428 g/mol. The van der Waals surface area contributed by atoms with Gasteiger partial charge in [0.05, 0.1) is 0 Å². The van der Waals surface area contributed by atoms with Gasteiger partial charge in [-0.15, -0.1) is 13.2 Å².